The zero-order chi connectivity index (χ0) is 26.1. The van der Waals surface area contributed by atoms with Gasteiger partial charge in [0, 0.05) is 17.0 Å². The van der Waals surface area contributed by atoms with E-state index in [1.54, 1.807) is 6.07 Å². The summed E-state index contributed by atoms with van der Waals surface area (Å²) in [6.45, 7) is 1.81. The Morgan fingerprint density at radius 1 is 0.917 bits per heavy atom. The minimum absolute atomic E-state index is 0.0529. The third-order valence-electron chi connectivity index (χ3n) is 5.74. The third-order valence-corrected chi connectivity index (χ3v) is 6.47. The molecule has 1 aliphatic rings. The second kappa shape index (κ2) is 10.0. The molecule has 3 nitrogen and oxygen atoms in total. The fourth-order valence-electron chi connectivity index (χ4n) is 4.08. The molecule has 0 N–H and O–H groups in total. The summed E-state index contributed by atoms with van der Waals surface area (Å²) in [4.78, 5) is 19.3. The minimum Gasteiger partial charge on any atom is -0.299 e. The van der Waals surface area contributed by atoms with E-state index in [4.69, 9.17) is 0 Å². The Morgan fingerprint density at radius 3 is 2.19 bits per heavy atom. The average molecular weight is 523 g/mol. The summed E-state index contributed by atoms with van der Waals surface area (Å²) < 4.78 is 78.0. The summed E-state index contributed by atoms with van der Waals surface area (Å²) in [7, 11) is 0. The fraction of sp³-hybridized carbons (Fsp3) is 0.231. The lowest BCUT2D eigenvalue weighted by atomic mass is 10.0. The molecule has 10 heteroatoms. The van der Waals surface area contributed by atoms with Crippen molar-refractivity contribution in [2.24, 2.45) is 4.99 Å². The second-order valence-corrected chi connectivity index (χ2v) is 9.36. The molecule has 1 saturated heterocycles. The number of benzene rings is 3. The van der Waals surface area contributed by atoms with E-state index in [1.807, 2.05) is 37.3 Å². The van der Waals surface area contributed by atoms with Crippen LogP contribution in [0.4, 0.5) is 32.0 Å². The number of nitrogens with zero attached hydrogens (tertiary/aromatic N) is 2. The van der Waals surface area contributed by atoms with Crippen LogP contribution < -0.4 is 4.90 Å². The van der Waals surface area contributed by atoms with Crippen molar-refractivity contribution in [2.75, 3.05) is 4.90 Å². The van der Waals surface area contributed by atoms with Crippen molar-refractivity contribution in [1.82, 2.24) is 0 Å². The van der Waals surface area contributed by atoms with Gasteiger partial charge in [-0.1, -0.05) is 42.5 Å². The Kier molecular flexibility index (Phi) is 7.17. The Balaban J connectivity index is 1.73. The lowest BCUT2D eigenvalue weighted by Gasteiger charge is -2.25. The number of carbonyl (C=O) groups is 1. The van der Waals surface area contributed by atoms with Crippen molar-refractivity contribution >= 4 is 29.1 Å². The highest BCUT2D eigenvalue weighted by Crippen LogP contribution is 2.41. The van der Waals surface area contributed by atoms with Gasteiger partial charge in [0.1, 0.15) is 5.71 Å². The lowest BCUT2D eigenvalue weighted by molar-refractivity contribution is -0.137. The van der Waals surface area contributed by atoms with Crippen LogP contribution in [-0.2, 0) is 11.0 Å². The normalized spacial score (nSPS) is 18.6. The monoisotopic (exact) mass is 522 g/mol. The number of thioether (sulfide) groups is 1. The van der Waals surface area contributed by atoms with Gasteiger partial charge in [0.15, 0.2) is 0 Å². The quantitative estimate of drug-likeness (QED) is 0.251. The highest BCUT2D eigenvalue weighted by Gasteiger charge is 2.40. The van der Waals surface area contributed by atoms with E-state index in [-0.39, 0.29) is 40.5 Å². The zero-order valence-electron chi connectivity index (χ0n) is 18.8. The first kappa shape index (κ1) is 25.8. The molecule has 36 heavy (non-hydrogen) atoms. The van der Waals surface area contributed by atoms with Gasteiger partial charge in [-0.15, -0.1) is 0 Å². The number of amides is 1. The van der Waals surface area contributed by atoms with E-state index in [1.165, 1.54) is 35.2 Å². The lowest BCUT2D eigenvalue weighted by Crippen LogP contribution is -2.29. The standard InChI is InChI=1S/C26H20F6N2OS/c1-16(17-6-3-2-4-7-17)33-22-15-23(18-8-5-9-21(14-18)36-26(30,31)32)34(24(22)35)20-12-10-19(11-13-20)25(27,28)29/h2-14,16,23H,15H2,1H3/t16-,23-/m1/s1. The van der Waals surface area contributed by atoms with Gasteiger partial charge in [0.05, 0.1) is 17.6 Å². The molecule has 3 aromatic carbocycles. The molecule has 1 heterocycles. The van der Waals surface area contributed by atoms with E-state index < -0.39 is 29.2 Å². The maximum absolute atomic E-state index is 13.4. The first-order chi connectivity index (χ1) is 16.9. The minimum atomic E-state index is -4.55. The Morgan fingerprint density at radius 2 is 1.58 bits per heavy atom. The average Bonchev–Trinajstić information content (AvgIpc) is 3.14. The molecule has 0 aromatic heterocycles. The van der Waals surface area contributed by atoms with Crippen LogP contribution in [0.25, 0.3) is 0 Å². The molecule has 3 aromatic rings. The van der Waals surface area contributed by atoms with Crippen molar-refractivity contribution in [1.29, 1.82) is 0 Å². The molecule has 0 unspecified atom stereocenters. The molecule has 0 spiro atoms. The molecule has 0 aliphatic carbocycles. The van der Waals surface area contributed by atoms with Gasteiger partial charge in [0.2, 0.25) is 0 Å². The first-order valence-corrected chi connectivity index (χ1v) is 11.7. The zero-order valence-corrected chi connectivity index (χ0v) is 19.7. The van der Waals surface area contributed by atoms with Crippen LogP contribution in [0.1, 0.15) is 42.1 Å². The maximum atomic E-state index is 13.4. The molecule has 0 bridgehead atoms. The third kappa shape index (κ3) is 5.92. The number of hydrogen-bond donors (Lipinski definition) is 0. The van der Waals surface area contributed by atoms with Gasteiger partial charge >= 0.3 is 11.7 Å². The molecule has 2 atom stereocenters. The van der Waals surface area contributed by atoms with Crippen LogP contribution in [0.2, 0.25) is 0 Å². The molecular formula is C26H20F6N2OS. The highest BCUT2D eigenvalue weighted by atomic mass is 32.2. The Hall–Kier alpha value is -3.27. The predicted molar refractivity (Wildman–Crippen MR) is 127 cm³/mol. The molecule has 0 saturated carbocycles. The molecular weight excluding hydrogens is 502 g/mol. The van der Waals surface area contributed by atoms with Crippen LogP contribution in [0, 0.1) is 0 Å². The maximum Gasteiger partial charge on any atom is 0.446 e. The Labute approximate surface area is 207 Å². The fourth-order valence-corrected chi connectivity index (χ4v) is 4.69. The highest BCUT2D eigenvalue weighted by molar-refractivity contribution is 8.00. The number of carbonyl (C=O) groups excluding carboxylic acids is 1. The van der Waals surface area contributed by atoms with Crippen LogP contribution in [0.15, 0.2) is 88.8 Å². The van der Waals surface area contributed by atoms with Crippen LogP contribution in [-0.4, -0.2) is 17.1 Å². The van der Waals surface area contributed by atoms with Gasteiger partial charge in [-0.25, -0.2) is 0 Å². The summed E-state index contributed by atoms with van der Waals surface area (Å²) in [6.07, 6.45) is -4.45. The number of halogens is 6. The van der Waals surface area contributed by atoms with Crippen molar-refractivity contribution in [2.45, 2.75) is 42.0 Å². The van der Waals surface area contributed by atoms with Crippen molar-refractivity contribution < 1.29 is 31.1 Å². The number of hydrogen-bond acceptors (Lipinski definition) is 3. The molecule has 188 valence electrons. The van der Waals surface area contributed by atoms with Crippen molar-refractivity contribution in [3.05, 3.63) is 95.6 Å². The SMILES string of the molecule is C[C@@H](N=C1C[C@H](c2cccc(SC(F)(F)F)c2)N(c2ccc(C(F)(F)F)cc2)C1=O)c1ccccc1. The largest absolute Gasteiger partial charge is 0.446 e. The van der Waals surface area contributed by atoms with E-state index in [9.17, 15) is 31.1 Å². The molecule has 1 fully saturated rings. The smallest absolute Gasteiger partial charge is 0.299 e. The van der Waals surface area contributed by atoms with Gasteiger partial charge in [-0.3, -0.25) is 14.7 Å². The van der Waals surface area contributed by atoms with E-state index >= 15 is 0 Å². The summed E-state index contributed by atoms with van der Waals surface area (Å²) in [5.74, 6) is -0.503. The van der Waals surface area contributed by atoms with Crippen LogP contribution >= 0.6 is 11.8 Å². The first-order valence-electron chi connectivity index (χ1n) is 10.9. The molecule has 4 rings (SSSR count). The van der Waals surface area contributed by atoms with E-state index in [0.29, 0.717) is 5.56 Å². The summed E-state index contributed by atoms with van der Waals surface area (Å²) in [5.41, 5.74) is -3.67. The number of alkyl halides is 6. The predicted octanol–water partition coefficient (Wildman–Crippen LogP) is 8.00. The Bertz CT molecular complexity index is 1260. The molecule has 1 amide bonds. The topological polar surface area (TPSA) is 32.7 Å². The van der Waals surface area contributed by atoms with Gasteiger partial charge in [0.25, 0.3) is 5.91 Å². The van der Waals surface area contributed by atoms with Gasteiger partial charge in [-0.2, -0.15) is 26.3 Å². The van der Waals surface area contributed by atoms with Crippen molar-refractivity contribution in [3.63, 3.8) is 0 Å². The molecule has 1 aliphatic heterocycles. The summed E-state index contributed by atoms with van der Waals surface area (Å²) in [6, 6.07) is 18.0. The van der Waals surface area contributed by atoms with Gasteiger partial charge in [-0.05, 0) is 66.2 Å². The van der Waals surface area contributed by atoms with Crippen LogP contribution in [0.3, 0.4) is 0 Å². The summed E-state index contributed by atoms with van der Waals surface area (Å²) >= 11 is -0.274. The molecule has 0 radical (unpaired) electrons. The summed E-state index contributed by atoms with van der Waals surface area (Å²) in [5, 5.41) is 0. The van der Waals surface area contributed by atoms with E-state index in [2.05, 4.69) is 4.99 Å². The van der Waals surface area contributed by atoms with E-state index in [0.717, 1.165) is 17.7 Å². The number of aliphatic imine (C=N–C) groups is 1. The number of rotatable bonds is 5. The van der Waals surface area contributed by atoms with Crippen molar-refractivity contribution in [3.8, 4) is 0 Å². The number of anilines is 1. The van der Waals surface area contributed by atoms with Crippen LogP contribution in [0.5, 0.6) is 0 Å². The van der Waals surface area contributed by atoms with Gasteiger partial charge < -0.3 is 0 Å². The second-order valence-electron chi connectivity index (χ2n) is 8.22.